The lowest BCUT2D eigenvalue weighted by Gasteiger charge is -2.22. The first-order valence-electron chi connectivity index (χ1n) is 10.4. The zero-order chi connectivity index (χ0) is 23.3. The van der Waals surface area contributed by atoms with Crippen molar-refractivity contribution in [2.45, 2.75) is 6.61 Å². The number of hydrogen-bond acceptors (Lipinski definition) is 4. The van der Waals surface area contributed by atoms with E-state index >= 15 is 0 Å². The molecular weight excluding hydrogens is 436 g/mol. The third kappa shape index (κ3) is 5.90. The third-order valence-electron chi connectivity index (χ3n) is 5.09. The van der Waals surface area contributed by atoms with Crippen LogP contribution in [-0.2, 0) is 21.4 Å². The van der Waals surface area contributed by atoms with Crippen LogP contribution in [0.25, 0.3) is 10.8 Å². The number of fused-ring (bicyclic) bond motifs is 1. The fourth-order valence-electron chi connectivity index (χ4n) is 3.45. The van der Waals surface area contributed by atoms with E-state index in [4.69, 9.17) is 4.74 Å². The molecule has 1 N–H and O–H groups in total. The zero-order valence-corrected chi connectivity index (χ0v) is 19.0. The molecule has 0 fully saturated rings. The summed E-state index contributed by atoms with van der Waals surface area (Å²) in [4.78, 5) is 12.7. The van der Waals surface area contributed by atoms with Crippen molar-refractivity contribution in [2.75, 3.05) is 22.4 Å². The molecule has 0 unspecified atom stereocenters. The molecule has 0 saturated carbocycles. The molecule has 1 amide bonds. The standard InChI is InChI=1S/C26H24N2O4S/c1-33(30,31)28(18-26(29)27-23-12-11-21-9-5-6-10-22(21)17-23)24-13-15-25(16-14-24)32-19-20-7-3-2-4-8-20/h2-17H,18-19H2,1H3,(H,27,29). The van der Waals surface area contributed by atoms with Crippen LogP contribution in [0.1, 0.15) is 5.56 Å². The highest BCUT2D eigenvalue weighted by Gasteiger charge is 2.21. The van der Waals surface area contributed by atoms with Gasteiger partial charge in [-0.2, -0.15) is 0 Å². The van der Waals surface area contributed by atoms with Crippen molar-refractivity contribution in [1.82, 2.24) is 0 Å². The predicted octanol–water partition coefficient (Wildman–Crippen LogP) is 4.82. The second-order valence-corrected chi connectivity index (χ2v) is 9.55. The molecular formula is C26H24N2O4S. The van der Waals surface area contributed by atoms with Gasteiger partial charge in [0.2, 0.25) is 15.9 Å². The molecule has 0 spiro atoms. The van der Waals surface area contributed by atoms with E-state index in [1.165, 1.54) is 0 Å². The van der Waals surface area contributed by atoms with Crippen LogP contribution in [0.5, 0.6) is 5.75 Å². The fourth-order valence-corrected chi connectivity index (χ4v) is 4.30. The van der Waals surface area contributed by atoms with E-state index in [9.17, 15) is 13.2 Å². The quantitative estimate of drug-likeness (QED) is 0.409. The highest BCUT2D eigenvalue weighted by Crippen LogP contribution is 2.23. The number of nitrogens with zero attached hydrogens (tertiary/aromatic N) is 1. The number of sulfonamides is 1. The molecule has 4 rings (SSSR count). The van der Waals surface area contributed by atoms with Gasteiger partial charge in [-0.25, -0.2) is 8.42 Å². The molecule has 0 atom stereocenters. The number of carbonyl (C=O) groups is 1. The van der Waals surface area contributed by atoms with Crippen LogP contribution in [0.4, 0.5) is 11.4 Å². The van der Waals surface area contributed by atoms with Crippen molar-refractivity contribution >= 4 is 38.1 Å². The number of rotatable bonds is 8. The van der Waals surface area contributed by atoms with E-state index in [0.29, 0.717) is 23.7 Å². The number of nitrogens with one attached hydrogen (secondary N) is 1. The van der Waals surface area contributed by atoms with Gasteiger partial charge >= 0.3 is 0 Å². The van der Waals surface area contributed by atoms with Crippen molar-refractivity contribution in [2.24, 2.45) is 0 Å². The van der Waals surface area contributed by atoms with Crippen LogP contribution < -0.4 is 14.4 Å². The first-order chi connectivity index (χ1) is 15.9. The van der Waals surface area contributed by atoms with Crippen molar-refractivity contribution in [3.05, 3.63) is 103 Å². The monoisotopic (exact) mass is 460 g/mol. The average Bonchev–Trinajstić information content (AvgIpc) is 2.81. The van der Waals surface area contributed by atoms with Gasteiger partial charge in [0, 0.05) is 5.69 Å². The van der Waals surface area contributed by atoms with Gasteiger partial charge in [-0.05, 0) is 52.7 Å². The molecule has 0 bridgehead atoms. The minimum absolute atomic E-state index is 0.337. The van der Waals surface area contributed by atoms with Crippen molar-refractivity contribution in [1.29, 1.82) is 0 Å². The van der Waals surface area contributed by atoms with Crippen molar-refractivity contribution in [3.8, 4) is 5.75 Å². The molecule has 0 aromatic heterocycles. The van der Waals surface area contributed by atoms with E-state index < -0.39 is 15.9 Å². The SMILES string of the molecule is CS(=O)(=O)N(CC(=O)Nc1ccc2ccccc2c1)c1ccc(OCc2ccccc2)cc1. The lowest BCUT2D eigenvalue weighted by molar-refractivity contribution is -0.114. The summed E-state index contributed by atoms with van der Waals surface area (Å²) >= 11 is 0. The molecule has 0 aliphatic rings. The molecule has 6 nitrogen and oxygen atoms in total. The Labute approximate surface area is 193 Å². The summed E-state index contributed by atoms with van der Waals surface area (Å²) in [6.07, 6.45) is 1.08. The van der Waals surface area contributed by atoms with Crippen molar-refractivity contribution < 1.29 is 17.9 Å². The molecule has 33 heavy (non-hydrogen) atoms. The number of hydrogen-bond donors (Lipinski definition) is 1. The molecule has 0 aliphatic heterocycles. The first-order valence-corrected chi connectivity index (χ1v) is 12.3. The van der Waals surface area contributed by atoms with E-state index in [2.05, 4.69) is 5.32 Å². The van der Waals surface area contributed by atoms with E-state index in [1.807, 2.05) is 66.7 Å². The molecule has 168 valence electrons. The number of anilines is 2. The van der Waals surface area contributed by atoms with Gasteiger partial charge in [-0.15, -0.1) is 0 Å². The summed E-state index contributed by atoms with van der Waals surface area (Å²) in [5.41, 5.74) is 2.03. The van der Waals surface area contributed by atoms with Crippen LogP contribution in [-0.4, -0.2) is 27.1 Å². The van der Waals surface area contributed by atoms with Gasteiger partial charge in [0.1, 0.15) is 18.9 Å². The Hall–Kier alpha value is -3.84. The van der Waals surface area contributed by atoms with Crippen LogP contribution in [0.15, 0.2) is 97.1 Å². The molecule has 7 heteroatoms. The van der Waals surface area contributed by atoms with Gasteiger partial charge < -0.3 is 10.1 Å². The second-order valence-electron chi connectivity index (χ2n) is 7.65. The van der Waals surface area contributed by atoms with Crippen LogP contribution in [0, 0.1) is 0 Å². The molecule has 4 aromatic carbocycles. The third-order valence-corrected chi connectivity index (χ3v) is 6.23. The summed E-state index contributed by atoms with van der Waals surface area (Å²) in [5, 5.41) is 4.83. The van der Waals surface area contributed by atoms with Gasteiger partial charge in [-0.3, -0.25) is 9.10 Å². The molecule has 0 heterocycles. The lowest BCUT2D eigenvalue weighted by Crippen LogP contribution is -2.37. The summed E-state index contributed by atoms with van der Waals surface area (Å²) < 4.78 is 31.6. The Morgan fingerprint density at radius 2 is 1.52 bits per heavy atom. The topological polar surface area (TPSA) is 75.7 Å². The van der Waals surface area contributed by atoms with E-state index in [-0.39, 0.29) is 6.54 Å². The van der Waals surface area contributed by atoms with Gasteiger partial charge in [0.15, 0.2) is 0 Å². The van der Waals surface area contributed by atoms with Crippen LogP contribution in [0.2, 0.25) is 0 Å². The smallest absolute Gasteiger partial charge is 0.245 e. The fraction of sp³-hybridized carbons (Fsp3) is 0.115. The number of amides is 1. The normalized spacial score (nSPS) is 11.2. The van der Waals surface area contributed by atoms with E-state index in [1.54, 1.807) is 30.3 Å². The van der Waals surface area contributed by atoms with Gasteiger partial charge in [0.05, 0.1) is 11.9 Å². The Morgan fingerprint density at radius 1 is 0.848 bits per heavy atom. The Kier molecular flexibility index (Phi) is 6.60. The first kappa shape index (κ1) is 22.4. The molecule has 0 saturated heterocycles. The predicted molar refractivity (Wildman–Crippen MR) is 132 cm³/mol. The Balaban J connectivity index is 1.44. The maximum atomic E-state index is 12.7. The molecule has 4 aromatic rings. The maximum Gasteiger partial charge on any atom is 0.245 e. The largest absolute Gasteiger partial charge is 0.489 e. The zero-order valence-electron chi connectivity index (χ0n) is 18.1. The summed E-state index contributed by atoms with van der Waals surface area (Å²) in [6, 6.07) is 29.8. The number of carbonyl (C=O) groups excluding carboxylic acids is 1. The Bertz CT molecular complexity index is 1350. The Morgan fingerprint density at radius 3 is 2.21 bits per heavy atom. The van der Waals surface area contributed by atoms with Gasteiger partial charge in [0.25, 0.3) is 0 Å². The van der Waals surface area contributed by atoms with Gasteiger partial charge in [-0.1, -0.05) is 60.7 Å². The minimum Gasteiger partial charge on any atom is -0.489 e. The average molecular weight is 461 g/mol. The lowest BCUT2D eigenvalue weighted by atomic mass is 10.1. The molecule has 0 radical (unpaired) electrons. The van der Waals surface area contributed by atoms with Crippen LogP contribution >= 0.6 is 0 Å². The molecule has 0 aliphatic carbocycles. The summed E-state index contributed by atoms with van der Waals surface area (Å²) in [6.45, 7) is 0.0695. The maximum absolute atomic E-state index is 12.7. The van der Waals surface area contributed by atoms with Crippen LogP contribution in [0.3, 0.4) is 0 Å². The summed E-state index contributed by atoms with van der Waals surface area (Å²) in [7, 11) is -3.68. The minimum atomic E-state index is -3.68. The number of ether oxygens (including phenoxy) is 1. The second kappa shape index (κ2) is 9.75. The number of benzene rings is 4. The van der Waals surface area contributed by atoms with Crippen molar-refractivity contribution in [3.63, 3.8) is 0 Å². The highest BCUT2D eigenvalue weighted by molar-refractivity contribution is 7.92. The summed E-state index contributed by atoms with van der Waals surface area (Å²) in [5.74, 6) is 0.178. The van der Waals surface area contributed by atoms with E-state index in [0.717, 1.165) is 26.9 Å². The highest BCUT2D eigenvalue weighted by atomic mass is 32.2.